The number of halogens is 1. The molecule has 0 saturated heterocycles. The summed E-state index contributed by atoms with van der Waals surface area (Å²) in [5.74, 6) is -0.668. The second kappa shape index (κ2) is 9.77. The number of nitrogens with two attached hydrogens (primary N) is 1. The Morgan fingerprint density at radius 3 is 2.77 bits per heavy atom. The zero-order valence-electron chi connectivity index (χ0n) is 16.7. The van der Waals surface area contributed by atoms with Crippen molar-refractivity contribution in [1.29, 1.82) is 0 Å². The number of nitrogens with one attached hydrogen (secondary N) is 1. The van der Waals surface area contributed by atoms with Crippen molar-refractivity contribution < 1.29 is 19.1 Å². The minimum Gasteiger partial charge on any atom is -0.493 e. The third-order valence-electron chi connectivity index (χ3n) is 4.34. The van der Waals surface area contributed by atoms with Crippen molar-refractivity contribution in [2.75, 3.05) is 19.0 Å². The minimum absolute atomic E-state index is 0.130. The molecule has 1 aromatic heterocycles. The molecule has 3 aromatic rings. The van der Waals surface area contributed by atoms with E-state index in [0.29, 0.717) is 5.13 Å². The number of thiazole rings is 1. The zero-order valence-corrected chi connectivity index (χ0v) is 18.2. The van der Waals surface area contributed by atoms with Crippen LogP contribution in [-0.4, -0.2) is 30.5 Å². The molecule has 3 N–H and O–H groups in total. The summed E-state index contributed by atoms with van der Waals surface area (Å²) in [4.78, 5) is 28.2. The molecule has 0 spiro atoms. The third kappa shape index (κ3) is 5.20. The van der Waals surface area contributed by atoms with Crippen LogP contribution in [0.25, 0.3) is 10.2 Å². The molecule has 0 radical (unpaired) electrons. The van der Waals surface area contributed by atoms with Gasteiger partial charge < -0.3 is 15.2 Å². The van der Waals surface area contributed by atoms with Crippen LogP contribution >= 0.6 is 22.9 Å². The van der Waals surface area contributed by atoms with Crippen molar-refractivity contribution in [1.82, 2.24) is 4.98 Å². The number of anilines is 1. The van der Waals surface area contributed by atoms with E-state index >= 15 is 0 Å². The Kier molecular flexibility index (Phi) is 7.12. The van der Waals surface area contributed by atoms with E-state index in [1.165, 1.54) is 36.1 Å². The van der Waals surface area contributed by atoms with Gasteiger partial charge in [0.05, 0.1) is 22.3 Å². The number of primary amides is 1. The van der Waals surface area contributed by atoms with Gasteiger partial charge in [-0.1, -0.05) is 42.3 Å². The summed E-state index contributed by atoms with van der Waals surface area (Å²) in [6.45, 7) is 1.81. The maximum Gasteiger partial charge on any atom is 0.257 e. The average Bonchev–Trinajstić information content (AvgIpc) is 3.11. The number of aromatic nitrogens is 1. The Hall–Kier alpha value is -2.84. The van der Waals surface area contributed by atoms with E-state index < -0.39 is 5.91 Å². The molecule has 7 nitrogen and oxygen atoms in total. The van der Waals surface area contributed by atoms with E-state index in [2.05, 4.69) is 29.4 Å². The number of amides is 2. The maximum atomic E-state index is 12.7. The van der Waals surface area contributed by atoms with Crippen LogP contribution < -0.4 is 20.5 Å². The van der Waals surface area contributed by atoms with E-state index in [1.54, 1.807) is 0 Å². The van der Waals surface area contributed by atoms with Crippen LogP contribution in [0, 0.1) is 0 Å². The number of methoxy groups -OCH3 is 1. The number of hydrogen-bond acceptors (Lipinski definition) is 6. The van der Waals surface area contributed by atoms with Gasteiger partial charge in [0, 0.05) is 5.56 Å². The standard InChI is InChI=1S/C21H22ClN3O4S/c1-3-4-5-12-6-7-15-17(8-12)30-21(24-15)25-20(27)13-9-14(22)19(16(10-13)28-2)29-11-18(23)26/h6-10H,3-5,11H2,1-2H3,(H2,23,26)(H,24,25,27). The summed E-state index contributed by atoms with van der Waals surface area (Å²) in [5.41, 5.74) is 7.46. The van der Waals surface area contributed by atoms with Gasteiger partial charge in [0.25, 0.3) is 11.8 Å². The summed E-state index contributed by atoms with van der Waals surface area (Å²) in [7, 11) is 1.41. The van der Waals surface area contributed by atoms with E-state index in [9.17, 15) is 9.59 Å². The molecule has 3 rings (SSSR count). The van der Waals surface area contributed by atoms with Crippen LogP contribution in [0.5, 0.6) is 11.5 Å². The first-order chi connectivity index (χ1) is 14.4. The first-order valence-corrected chi connectivity index (χ1v) is 10.6. The molecule has 2 aromatic carbocycles. The highest BCUT2D eigenvalue weighted by Gasteiger charge is 2.18. The first-order valence-electron chi connectivity index (χ1n) is 9.40. The molecule has 0 aliphatic heterocycles. The predicted molar refractivity (Wildman–Crippen MR) is 119 cm³/mol. The van der Waals surface area contributed by atoms with Gasteiger partial charge in [-0.25, -0.2) is 4.98 Å². The number of hydrogen-bond donors (Lipinski definition) is 2. The molecule has 2 amide bonds. The molecule has 0 unspecified atom stereocenters. The Morgan fingerprint density at radius 1 is 1.27 bits per heavy atom. The fraction of sp³-hybridized carbons (Fsp3) is 0.286. The van der Waals surface area contributed by atoms with Gasteiger partial charge in [-0.3, -0.25) is 14.9 Å². The van der Waals surface area contributed by atoms with E-state index in [0.717, 1.165) is 29.5 Å². The zero-order chi connectivity index (χ0) is 21.7. The molecule has 9 heteroatoms. The Balaban J connectivity index is 1.79. The number of nitrogens with zero attached hydrogens (tertiary/aromatic N) is 1. The predicted octanol–water partition coefficient (Wildman–Crippen LogP) is 4.42. The van der Waals surface area contributed by atoms with Gasteiger partial charge in [-0.2, -0.15) is 0 Å². The largest absolute Gasteiger partial charge is 0.493 e. The number of unbranched alkanes of at least 4 members (excludes halogenated alkanes) is 1. The van der Waals surface area contributed by atoms with Crippen molar-refractivity contribution >= 4 is 50.1 Å². The quantitative estimate of drug-likeness (QED) is 0.505. The lowest BCUT2D eigenvalue weighted by Gasteiger charge is -2.13. The Bertz CT molecular complexity index is 1080. The number of carbonyl (C=O) groups excluding carboxylic acids is 2. The molecule has 0 saturated carbocycles. The summed E-state index contributed by atoms with van der Waals surface area (Å²) in [5, 5.41) is 3.42. The van der Waals surface area contributed by atoms with Crippen molar-refractivity contribution in [3.05, 3.63) is 46.5 Å². The number of fused-ring (bicyclic) bond motifs is 1. The van der Waals surface area contributed by atoms with Gasteiger partial charge in [-0.15, -0.1) is 0 Å². The van der Waals surface area contributed by atoms with Gasteiger partial charge in [0.2, 0.25) is 0 Å². The lowest BCUT2D eigenvalue weighted by Crippen LogP contribution is -2.20. The van der Waals surface area contributed by atoms with Gasteiger partial charge in [-0.05, 0) is 42.7 Å². The summed E-state index contributed by atoms with van der Waals surface area (Å²) < 4.78 is 11.5. The van der Waals surface area contributed by atoms with Crippen LogP contribution in [0.1, 0.15) is 35.7 Å². The lowest BCUT2D eigenvalue weighted by molar-refractivity contribution is -0.119. The van der Waals surface area contributed by atoms with Crippen LogP contribution in [-0.2, 0) is 11.2 Å². The fourth-order valence-corrected chi connectivity index (χ4v) is 4.05. The topological polar surface area (TPSA) is 104 Å². The molecule has 0 bridgehead atoms. The van der Waals surface area contributed by atoms with Crippen molar-refractivity contribution in [3.8, 4) is 11.5 Å². The van der Waals surface area contributed by atoms with Crippen molar-refractivity contribution in [3.63, 3.8) is 0 Å². The van der Waals surface area contributed by atoms with E-state index in [4.69, 9.17) is 26.8 Å². The highest BCUT2D eigenvalue weighted by atomic mass is 35.5. The normalized spacial score (nSPS) is 10.8. The maximum absolute atomic E-state index is 12.7. The molecular weight excluding hydrogens is 426 g/mol. The number of carbonyl (C=O) groups is 2. The summed E-state index contributed by atoms with van der Waals surface area (Å²) in [6.07, 6.45) is 3.30. The summed E-state index contributed by atoms with van der Waals surface area (Å²) >= 11 is 7.63. The van der Waals surface area contributed by atoms with Crippen molar-refractivity contribution in [2.24, 2.45) is 5.73 Å². The molecule has 0 aliphatic carbocycles. The van der Waals surface area contributed by atoms with Crippen LogP contribution in [0.3, 0.4) is 0 Å². The van der Waals surface area contributed by atoms with E-state index in [-0.39, 0.29) is 34.6 Å². The molecule has 1 heterocycles. The lowest BCUT2D eigenvalue weighted by atomic mass is 10.1. The van der Waals surface area contributed by atoms with Gasteiger partial charge >= 0.3 is 0 Å². The third-order valence-corrected chi connectivity index (χ3v) is 5.56. The Morgan fingerprint density at radius 2 is 2.07 bits per heavy atom. The fourth-order valence-electron chi connectivity index (χ4n) is 2.86. The smallest absolute Gasteiger partial charge is 0.257 e. The number of benzene rings is 2. The van der Waals surface area contributed by atoms with Gasteiger partial charge in [0.15, 0.2) is 23.2 Å². The monoisotopic (exact) mass is 447 g/mol. The first kappa shape index (κ1) is 21.9. The molecule has 0 aliphatic rings. The highest BCUT2D eigenvalue weighted by molar-refractivity contribution is 7.22. The molecular formula is C21H22ClN3O4S. The molecule has 0 fully saturated rings. The highest BCUT2D eigenvalue weighted by Crippen LogP contribution is 2.37. The average molecular weight is 448 g/mol. The molecule has 30 heavy (non-hydrogen) atoms. The number of aryl methyl sites for hydroxylation is 1. The minimum atomic E-state index is -0.649. The Labute approximate surface area is 183 Å². The SMILES string of the molecule is CCCCc1ccc2nc(NC(=O)c3cc(Cl)c(OCC(N)=O)c(OC)c3)sc2c1. The second-order valence-corrected chi connectivity index (χ2v) is 8.06. The number of rotatable bonds is 9. The number of ether oxygens (including phenoxy) is 2. The van der Waals surface area contributed by atoms with Crippen LogP contribution in [0.4, 0.5) is 5.13 Å². The van der Waals surface area contributed by atoms with E-state index in [1.807, 2.05) is 6.07 Å². The molecule has 158 valence electrons. The van der Waals surface area contributed by atoms with Gasteiger partial charge in [0.1, 0.15) is 0 Å². The van der Waals surface area contributed by atoms with Crippen molar-refractivity contribution in [2.45, 2.75) is 26.2 Å². The summed E-state index contributed by atoms with van der Waals surface area (Å²) in [6, 6.07) is 9.07. The van der Waals surface area contributed by atoms with Crippen LogP contribution in [0.2, 0.25) is 5.02 Å². The molecule has 0 atom stereocenters. The second-order valence-electron chi connectivity index (χ2n) is 6.62. The van der Waals surface area contributed by atoms with Crippen LogP contribution in [0.15, 0.2) is 30.3 Å².